The van der Waals surface area contributed by atoms with Crippen molar-refractivity contribution in [2.45, 2.75) is 89.0 Å². The third-order valence-corrected chi connectivity index (χ3v) is 7.09. The summed E-state index contributed by atoms with van der Waals surface area (Å²) in [6.45, 7) is 25.8. The van der Waals surface area contributed by atoms with Gasteiger partial charge in [-0.3, -0.25) is 0 Å². The van der Waals surface area contributed by atoms with Gasteiger partial charge in [0.15, 0.2) is 5.76 Å². The van der Waals surface area contributed by atoms with Gasteiger partial charge >= 0.3 is 6.03 Å². The van der Waals surface area contributed by atoms with Crippen LogP contribution in [0, 0.1) is 18.3 Å². The van der Waals surface area contributed by atoms with Crippen molar-refractivity contribution in [2.75, 3.05) is 19.2 Å². The van der Waals surface area contributed by atoms with Crippen molar-refractivity contribution in [3.63, 3.8) is 0 Å². The maximum absolute atomic E-state index is 13.6. The summed E-state index contributed by atoms with van der Waals surface area (Å²) in [6.07, 6.45) is 7.17. The smallest absolute Gasteiger partial charge is 0.340 e. The number of benzene rings is 2. The number of anilines is 1. The molecule has 1 atom stereocenters. The van der Waals surface area contributed by atoms with Gasteiger partial charge in [0.05, 0.1) is 24.2 Å². The molecule has 266 valence electrons. The van der Waals surface area contributed by atoms with Crippen LogP contribution in [0.2, 0.25) is 0 Å². The second kappa shape index (κ2) is 22.2. The number of urea groups is 1. The first kappa shape index (κ1) is 43.6. The molecule has 0 saturated carbocycles. The van der Waals surface area contributed by atoms with Crippen molar-refractivity contribution >= 4 is 22.5 Å². The fraction of sp³-hybridized carbons (Fsp3) is 0.447. The SMILES string of the molecule is C=CCC.CC.CC.CC/C(=C(OC)\C(=C/C(C)C(C)(C)C)NC(=O)N(N)c1ccc(Oc2ccnc(C)n2)c2ccccc12)N(C)N. The van der Waals surface area contributed by atoms with E-state index in [9.17, 15) is 4.79 Å². The van der Waals surface area contributed by atoms with Gasteiger partial charge in [0.25, 0.3) is 0 Å². The number of ether oxygens (including phenoxy) is 2. The number of nitrogens with two attached hydrogens (primary N) is 2. The lowest BCUT2D eigenvalue weighted by molar-refractivity contribution is 0.242. The van der Waals surface area contributed by atoms with E-state index >= 15 is 0 Å². The van der Waals surface area contributed by atoms with Crippen LogP contribution in [0.3, 0.4) is 0 Å². The van der Waals surface area contributed by atoms with E-state index < -0.39 is 6.03 Å². The number of rotatable bonds is 10. The monoisotopic (exact) mass is 663 g/mol. The Labute approximate surface area is 289 Å². The predicted molar refractivity (Wildman–Crippen MR) is 202 cm³/mol. The minimum absolute atomic E-state index is 0.0630. The molecule has 10 nitrogen and oxygen atoms in total. The topological polar surface area (TPSA) is 132 Å². The van der Waals surface area contributed by atoms with Crippen molar-refractivity contribution in [1.82, 2.24) is 20.3 Å². The van der Waals surface area contributed by atoms with E-state index in [0.717, 1.165) is 27.9 Å². The van der Waals surface area contributed by atoms with Gasteiger partial charge < -0.3 is 19.8 Å². The summed E-state index contributed by atoms with van der Waals surface area (Å²) >= 11 is 0. The highest BCUT2D eigenvalue weighted by molar-refractivity contribution is 6.05. The largest absolute Gasteiger partial charge is 0.493 e. The Bertz CT molecular complexity index is 1480. The Balaban J connectivity index is 0.00000252. The van der Waals surface area contributed by atoms with Crippen molar-refractivity contribution in [1.29, 1.82) is 0 Å². The second-order valence-corrected chi connectivity index (χ2v) is 11.3. The number of amides is 2. The van der Waals surface area contributed by atoms with E-state index in [1.54, 1.807) is 45.5 Å². The van der Waals surface area contributed by atoms with Gasteiger partial charge in [-0.2, -0.15) is 4.98 Å². The lowest BCUT2D eigenvalue weighted by Crippen LogP contribution is -2.45. The molecule has 1 unspecified atom stereocenters. The third-order valence-electron chi connectivity index (χ3n) is 7.09. The van der Waals surface area contributed by atoms with Gasteiger partial charge in [-0.15, -0.1) is 6.58 Å². The summed E-state index contributed by atoms with van der Waals surface area (Å²) in [5.74, 6) is 14.7. The number of hydrazine groups is 2. The number of nitrogens with one attached hydrogen (secondary N) is 1. The van der Waals surface area contributed by atoms with Gasteiger partial charge in [0, 0.05) is 30.1 Å². The number of methoxy groups -OCH3 is 1. The van der Waals surface area contributed by atoms with Crippen LogP contribution in [0.4, 0.5) is 10.5 Å². The van der Waals surface area contributed by atoms with Gasteiger partial charge in [-0.25, -0.2) is 26.5 Å². The normalized spacial score (nSPS) is 11.9. The standard InChI is InChI=1S/C30H41N7O3.C4H8.2C2H6/c1-9-24(36(7)31)28(39-8)23(18-19(2)30(4,5)6)35-29(38)37(32)25-14-15-26(22-13-11-10-12-21(22)25)40-27-16-17-33-20(3)34-27;1-3-4-2;2*1-2/h10-19H,9,31-32H2,1-8H3,(H,35,38);3H,1,4H2,2H3;2*1-2H3/b23-18+,28-24-;;;. The highest BCUT2D eigenvalue weighted by Crippen LogP contribution is 2.35. The number of carbonyl (C=O) groups excluding carboxylic acids is 1. The Morgan fingerprint density at radius 3 is 2.10 bits per heavy atom. The molecule has 10 heteroatoms. The molecule has 2 aromatic carbocycles. The van der Waals surface area contributed by atoms with Crippen molar-refractivity contribution in [3.8, 4) is 11.6 Å². The van der Waals surface area contributed by atoms with Crippen LogP contribution in [0.1, 0.15) is 87.9 Å². The van der Waals surface area contributed by atoms with Crippen molar-refractivity contribution < 1.29 is 14.3 Å². The van der Waals surface area contributed by atoms with E-state index in [1.165, 1.54) is 5.01 Å². The van der Waals surface area contributed by atoms with Crippen molar-refractivity contribution in [2.24, 2.45) is 23.0 Å². The minimum Gasteiger partial charge on any atom is -0.493 e. The number of aromatic nitrogens is 2. The number of hydrogen-bond donors (Lipinski definition) is 3. The molecular weight excluding hydrogens is 602 g/mol. The number of carbonyl (C=O) groups is 1. The maximum atomic E-state index is 13.6. The summed E-state index contributed by atoms with van der Waals surface area (Å²) in [5, 5.41) is 7.05. The Morgan fingerprint density at radius 1 is 1.04 bits per heavy atom. The van der Waals surface area contributed by atoms with Crippen molar-refractivity contribution in [3.05, 3.63) is 90.4 Å². The zero-order valence-electron chi connectivity index (χ0n) is 31.6. The van der Waals surface area contributed by atoms with Crippen LogP contribution in [0.25, 0.3) is 10.8 Å². The quantitative estimate of drug-likeness (QED) is 0.0488. The summed E-state index contributed by atoms with van der Waals surface area (Å²) in [6, 6.07) is 12.2. The Kier molecular flexibility index (Phi) is 20.2. The average molecular weight is 664 g/mol. The molecular formula is C38H61N7O3. The van der Waals surface area contributed by atoms with E-state index in [0.29, 0.717) is 41.0 Å². The molecule has 0 saturated heterocycles. The fourth-order valence-corrected chi connectivity index (χ4v) is 4.07. The first-order valence-corrected chi connectivity index (χ1v) is 16.7. The van der Waals surface area contributed by atoms with E-state index in [1.807, 2.05) is 71.0 Å². The summed E-state index contributed by atoms with van der Waals surface area (Å²) in [7, 11) is 3.29. The fourth-order valence-electron chi connectivity index (χ4n) is 4.07. The second-order valence-electron chi connectivity index (χ2n) is 11.3. The molecule has 0 aliphatic carbocycles. The average Bonchev–Trinajstić information content (AvgIpc) is 3.08. The maximum Gasteiger partial charge on any atom is 0.340 e. The molecule has 0 fully saturated rings. The highest BCUT2D eigenvalue weighted by atomic mass is 16.5. The van der Waals surface area contributed by atoms with E-state index in [-0.39, 0.29) is 11.3 Å². The molecule has 2 amide bonds. The van der Waals surface area contributed by atoms with E-state index in [2.05, 4.69) is 56.5 Å². The molecule has 0 spiro atoms. The summed E-state index contributed by atoms with van der Waals surface area (Å²) < 4.78 is 11.8. The van der Waals surface area contributed by atoms with Gasteiger partial charge in [0.2, 0.25) is 5.88 Å². The lowest BCUT2D eigenvalue weighted by Gasteiger charge is -2.28. The first-order chi connectivity index (χ1) is 22.8. The zero-order chi connectivity index (χ0) is 37.0. The predicted octanol–water partition coefficient (Wildman–Crippen LogP) is 9.39. The molecule has 0 radical (unpaired) electrons. The van der Waals surface area contributed by atoms with Crippen LogP contribution < -0.4 is 26.7 Å². The van der Waals surface area contributed by atoms with Crippen LogP contribution >= 0.6 is 0 Å². The Morgan fingerprint density at radius 2 is 1.62 bits per heavy atom. The minimum atomic E-state index is -0.540. The zero-order valence-corrected chi connectivity index (χ0v) is 31.6. The van der Waals surface area contributed by atoms with E-state index in [4.69, 9.17) is 21.2 Å². The lowest BCUT2D eigenvalue weighted by atomic mass is 9.81. The molecule has 1 heterocycles. The molecule has 3 rings (SSSR count). The summed E-state index contributed by atoms with van der Waals surface area (Å²) in [5.41, 5.74) is 1.65. The summed E-state index contributed by atoms with van der Waals surface area (Å²) in [4.78, 5) is 22.1. The molecule has 0 bridgehead atoms. The molecule has 0 aliphatic heterocycles. The third kappa shape index (κ3) is 13.0. The van der Waals surface area contributed by atoms with Crippen LogP contribution in [0.5, 0.6) is 11.6 Å². The van der Waals surface area contributed by atoms with Gasteiger partial charge in [0.1, 0.15) is 11.6 Å². The molecule has 3 aromatic rings. The van der Waals surface area contributed by atoms with Crippen LogP contribution in [0.15, 0.2) is 84.5 Å². The number of aryl methyl sites for hydroxylation is 1. The van der Waals surface area contributed by atoms with Crippen LogP contribution in [-0.2, 0) is 4.74 Å². The number of fused-ring (bicyclic) bond motifs is 1. The molecule has 0 aliphatic rings. The van der Waals surface area contributed by atoms with Crippen LogP contribution in [-0.4, -0.2) is 35.2 Å². The molecule has 48 heavy (non-hydrogen) atoms. The highest BCUT2D eigenvalue weighted by Gasteiger charge is 2.25. The molecule has 5 N–H and O–H groups in total. The number of nitrogens with zero attached hydrogens (tertiary/aromatic N) is 4. The first-order valence-electron chi connectivity index (χ1n) is 16.7. The number of hydrogen-bond acceptors (Lipinski definition) is 8. The molecule has 1 aromatic heterocycles. The Hall–Kier alpha value is -4.41. The number of allylic oxidation sites excluding steroid dienone is 3. The van der Waals surface area contributed by atoms with Gasteiger partial charge in [-0.05, 0) is 43.2 Å². The van der Waals surface area contributed by atoms with Gasteiger partial charge in [-0.1, -0.05) is 106 Å².